The molecule has 2 aromatic rings. The van der Waals surface area contributed by atoms with Crippen molar-refractivity contribution in [3.63, 3.8) is 0 Å². The van der Waals surface area contributed by atoms with E-state index in [2.05, 4.69) is 11.8 Å². The maximum absolute atomic E-state index is 12.7. The number of ether oxygens (including phenoxy) is 1. The van der Waals surface area contributed by atoms with Crippen LogP contribution in [0, 0.1) is 5.92 Å². The molecule has 126 valence electrons. The van der Waals surface area contributed by atoms with Crippen LogP contribution in [0.3, 0.4) is 0 Å². The van der Waals surface area contributed by atoms with E-state index in [0.29, 0.717) is 12.5 Å². The summed E-state index contributed by atoms with van der Waals surface area (Å²) >= 11 is 0. The molecule has 0 spiro atoms. The number of fused-ring (bicyclic) bond motifs is 1. The summed E-state index contributed by atoms with van der Waals surface area (Å²) in [5, 5.41) is 1.98. The first kappa shape index (κ1) is 17.9. The molecule has 2 unspecified atom stereocenters. The van der Waals surface area contributed by atoms with Crippen LogP contribution in [0.2, 0.25) is 0 Å². The molecule has 0 aliphatic carbocycles. The highest BCUT2D eigenvalue weighted by atomic mass is 35.5. The number of rotatable bonds is 4. The van der Waals surface area contributed by atoms with E-state index in [1.807, 2.05) is 30.3 Å². The molecule has 0 aromatic heterocycles. The molecule has 3 nitrogen and oxygen atoms in total. The molecule has 1 aliphatic heterocycles. The van der Waals surface area contributed by atoms with Gasteiger partial charge in [0.2, 0.25) is 0 Å². The Labute approximate surface area is 140 Å². The SMILES string of the molecule is CC1CN(Cc2c(OC(F)F)ccc3ccccc23)CC1N.Cl. The number of alkyl halides is 2. The normalized spacial score (nSPS) is 21.6. The molecular formula is C17H21ClF2N2O. The maximum atomic E-state index is 12.7. The van der Waals surface area contributed by atoms with E-state index in [-0.39, 0.29) is 24.2 Å². The van der Waals surface area contributed by atoms with Crippen molar-refractivity contribution in [2.45, 2.75) is 26.1 Å². The second-order valence-electron chi connectivity index (χ2n) is 5.98. The van der Waals surface area contributed by atoms with E-state index >= 15 is 0 Å². The Morgan fingerprint density at radius 2 is 1.96 bits per heavy atom. The number of likely N-dealkylation sites (tertiary alicyclic amines) is 1. The highest BCUT2D eigenvalue weighted by Gasteiger charge is 2.27. The van der Waals surface area contributed by atoms with Gasteiger partial charge in [-0.3, -0.25) is 4.90 Å². The Morgan fingerprint density at radius 3 is 2.61 bits per heavy atom. The van der Waals surface area contributed by atoms with Gasteiger partial charge in [0.25, 0.3) is 0 Å². The zero-order valence-electron chi connectivity index (χ0n) is 12.9. The van der Waals surface area contributed by atoms with E-state index in [1.54, 1.807) is 6.07 Å². The van der Waals surface area contributed by atoms with E-state index < -0.39 is 6.61 Å². The number of halogens is 3. The monoisotopic (exact) mass is 342 g/mol. The van der Waals surface area contributed by atoms with Crippen molar-refractivity contribution in [3.8, 4) is 5.75 Å². The van der Waals surface area contributed by atoms with Crippen LogP contribution in [0.4, 0.5) is 8.78 Å². The summed E-state index contributed by atoms with van der Waals surface area (Å²) in [6.45, 7) is 1.52. The number of hydrogen-bond donors (Lipinski definition) is 1. The van der Waals surface area contributed by atoms with E-state index in [1.165, 1.54) is 0 Å². The lowest BCUT2D eigenvalue weighted by molar-refractivity contribution is -0.0506. The Morgan fingerprint density at radius 1 is 1.22 bits per heavy atom. The standard InChI is InChI=1S/C17H20F2N2O.ClH/c1-11-8-21(10-15(11)20)9-14-13-5-3-2-4-12(13)6-7-16(14)22-17(18)19;/h2-7,11,15,17H,8-10,20H2,1H3;1H. The first-order valence-corrected chi connectivity index (χ1v) is 7.48. The molecule has 2 N–H and O–H groups in total. The molecule has 6 heteroatoms. The minimum absolute atomic E-state index is 0. The summed E-state index contributed by atoms with van der Waals surface area (Å²) in [7, 11) is 0. The first-order valence-electron chi connectivity index (χ1n) is 7.48. The van der Waals surface area contributed by atoms with Crippen molar-refractivity contribution >= 4 is 23.2 Å². The number of hydrogen-bond acceptors (Lipinski definition) is 3. The van der Waals surface area contributed by atoms with E-state index in [9.17, 15) is 8.78 Å². The van der Waals surface area contributed by atoms with E-state index in [4.69, 9.17) is 10.5 Å². The van der Waals surface area contributed by atoms with Crippen LogP contribution >= 0.6 is 12.4 Å². The van der Waals surface area contributed by atoms with Gasteiger partial charge in [-0.25, -0.2) is 0 Å². The van der Waals surface area contributed by atoms with Crippen LogP contribution in [-0.4, -0.2) is 30.6 Å². The second kappa shape index (κ2) is 7.43. The van der Waals surface area contributed by atoms with Gasteiger partial charge in [-0.2, -0.15) is 8.78 Å². The summed E-state index contributed by atoms with van der Waals surface area (Å²) in [6.07, 6.45) is 0. The minimum atomic E-state index is -2.82. The zero-order chi connectivity index (χ0) is 15.7. The third kappa shape index (κ3) is 3.91. The number of nitrogens with zero attached hydrogens (tertiary/aromatic N) is 1. The van der Waals surface area contributed by atoms with Crippen molar-refractivity contribution in [1.82, 2.24) is 4.90 Å². The molecule has 1 aliphatic rings. The molecule has 1 saturated heterocycles. The fourth-order valence-electron chi connectivity index (χ4n) is 3.13. The van der Waals surface area contributed by atoms with Crippen LogP contribution in [-0.2, 0) is 6.54 Å². The maximum Gasteiger partial charge on any atom is 0.387 e. The van der Waals surface area contributed by atoms with Gasteiger partial charge >= 0.3 is 6.61 Å². The predicted octanol–water partition coefficient (Wildman–Crippen LogP) is 3.64. The van der Waals surface area contributed by atoms with Crippen LogP contribution < -0.4 is 10.5 Å². The third-order valence-corrected chi connectivity index (χ3v) is 4.34. The van der Waals surface area contributed by atoms with Crippen LogP contribution in [0.1, 0.15) is 12.5 Å². The molecule has 3 rings (SSSR count). The van der Waals surface area contributed by atoms with Gasteiger partial charge in [-0.1, -0.05) is 37.3 Å². The van der Waals surface area contributed by atoms with Gasteiger partial charge in [-0.15, -0.1) is 12.4 Å². The molecular weight excluding hydrogens is 322 g/mol. The van der Waals surface area contributed by atoms with Crippen molar-refractivity contribution < 1.29 is 13.5 Å². The molecule has 1 fully saturated rings. The Kier molecular flexibility index (Phi) is 5.79. The Balaban J connectivity index is 0.00000192. The van der Waals surface area contributed by atoms with Crippen LogP contribution in [0.25, 0.3) is 10.8 Å². The topological polar surface area (TPSA) is 38.5 Å². The molecule has 0 radical (unpaired) electrons. The highest BCUT2D eigenvalue weighted by Crippen LogP contribution is 2.31. The van der Waals surface area contributed by atoms with Crippen LogP contribution in [0.15, 0.2) is 36.4 Å². The van der Waals surface area contributed by atoms with Crippen molar-refractivity contribution in [3.05, 3.63) is 42.0 Å². The highest BCUT2D eigenvalue weighted by molar-refractivity contribution is 5.87. The summed E-state index contributed by atoms with van der Waals surface area (Å²) in [6, 6.07) is 11.3. The van der Waals surface area contributed by atoms with E-state index in [0.717, 1.165) is 29.4 Å². The lowest BCUT2D eigenvalue weighted by Crippen LogP contribution is -2.28. The second-order valence-corrected chi connectivity index (χ2v) is 5.98. The van der Waals surface area contributed by atoms with Gasteiger partial charge in [0, 0.05) is 31.2 Å². The Bertz CT molecular complexity index is 658. The lowest BCUT2D eigenvalue weighted by Gasteiger charge is -2.20. The fraction of sp³-hybridized carbons (Fsp3) is 0.412. The van der Waals surface area contributed by atoms with Crippen molar-refractivity contribution in [2.75, 3.05) is 13.1 Å². The molecule has 1 heterocycles. The average molecular weight is 343 g/mol. The molecule has 23 heavy (non-hydrogen) atoms. The summed E-state index contributed by atoms with van der Waals surface area (Å²) in [5.74, 6) is 0.663. The lowest BCUT2D eigenvalue weighted by atomic mass is 10.0. The summed E-state index contributed by atoms with van der Waals surface area (Å²) in [5.41, 5.74) is 6.87. The summed E-state index contributed by atoms with van der Waals surface area (Å²) < 4.78 is 30.1. The van der Waals surface area contributed by atoms with Gasteiger partial charge in [0.05, 0.1) is 0 Å². The fourth-order valence-corrected chi connectivity index (χ4v) is 3.13. The molecule has 0 amide bonds. The Hall–Kier alpha value is -1.43. The van der Waals surface area contributed by atoms with Gasteiger partial charge < -0.3 is 10.5 Å². The van der Waals surface area contributed by atoms with Gasteiger partial charge in [0.15, 0.2) is 0 Å². The predicted molar refractivity (Wildman–Crippen MR) is 90.2 cm³/mol. The molecule has 2 aromatic carbocycles. The largest absolute Gasteiger partial charge is 0.434 e. The summed E-state index contributed by atoms with van der Waals surface area (Å²) in [4.78, 5) is 2.20. The minimum Gasteiger partial charge on any atom is -0.434 e. The first-order chi connectivity index (χ1) is 10.5. The molecule has 0 bridgehead atoms. The smallest absolute Gasteiger partial charge is 0.387 e. The van der Waals surface area contributed by atoms with Crippen molar-refractivity contribution in [1.29, 1.82) is 0 Å². The molecule has 2 atom stereocenters. The van der Waals surface area contributed by atoms with Crippen molar-refractivity contribution in [2.24, 2.45) is 11.7 Å². The third-order valence-electron chi connectivity index (χ3n) is 4.34. The zero-order valence-corrected chi connectivity index (χ0v) is 13.7. The molecule has 0 saturated carbocycles. The van der Waals surface area contributed by atoms with Gasteiger partial charge in [-0.05, 0) is 22.8 Å². The van der Waals surface area contributed by atoms with Crippen LogP contribution in [0.5, 0.6) is 5.75 Å². The number of nitrogens with two attached hydrogens (primary N) is 1. The number of benzene rings is 2. The van der Waals surface area contributed by atoms with Gasteiger partial charge in [0.1, 0.15) is 5.75 Å². The quantitative estimate of drug-likeness (QED) is 0.922. The average Bonchev–Trinajstić information content (AvgIpc) is 2.79.